The van der Waals surface area contributed by atoms with Gasteiger partial charge in [0, 0.05) is 43.6 Å². The Morgan fingerprint density at radius 2 is 0.851 bits per heavy atom. The zero-order valence-electron chi connectivity index (χ0n) is 56.6. The van der Waals surface area contributed by atoms with Crippen molar-refractivity contribution in [3.8, 4) is 5.75 Å². The van der Waals surface area contributed by atoms with E-state index in [9.17, 15) is 107 Å². The van der Waals surface area contributed by atoms with E-state index < -0.39 is 237 Å². The number of thioether (sulfide) groups is 1. The molecule has 23 N–H and O–H groups in total. The Morgan fingerprint density at radius 3 is 1.32 bits per heavy atom. The molecular weight excluding hydrogens is 1350 g/mol. The number of nitrogens with two attached hydrogens (primary N) is 3. The molecule has 101 heavy (non-hydrogen) atoms. The van der Waals surface area contributed by atoms with Crippen LogP contribution >= 0.6 is 11.8 Å². The summed E-state index contributed by atoms with van der Waals surface area (Å²) in [6.45, 7) is 7.48. The van der Waals surface area contributed by atoms with Crippen LogP contribution in [0, 0.1) is 11.8 Å². The fourth-order valence-corrected chi connectivity index (χ4v) is 10.6. The molecule has 0 aliphatic heterocycles. The molecular formula is C64H95N13O23S. The molecule has 560 valence electrons. The minimum absolute atomic E-state index is 0.0994. The van der Waals surface area contributed by atoms with Crippen LogP contribution in [-0.4, -0.2) is 215 Å². The number of benzene rings is 2. The van der Waals surface area contributed by atoms with Gasteiger partial charge >= 0.3 is 29.8 Å². The summed E-state index contributed by atoms with van der Waals surface area (Å²) in [6, 6.07) is -4.31. The summed E-state index contributed by atoms with van der Waals surface area (Å²) in [5.41, 5.74) is 18.1. The first-order chi connectivity index (χ1) is 47.5. The third kappa shape index (κ3) is 33.1. The van der Waals surface area contributed by atoms with Crippen molar-refractivity contribution in [2.45, 2.75) is 203 Å². The predicted molar refractivity (Wildman–Crippen MR) is 360 cm³/mol. The number of hydrogen-bond acceptors (Lipinski definition) is 21. The van der Waals surface area contributed by atoms with Gasteiger partial charge in [-0.05, 0) is 93.5 Å². The number of aromatic hydroxyl groups is 1. The number of aliphatic hydroxyl groups is 1. The molecule has 0 radical (unpaired) electrons. The number of carboxylic acids is 5. The van der Waals surface area contributed by atoms with Crippen LogP contribution in [0.15, 0.2) is 54.6 Å². The number of phenolic OH excluding ortho intramolecular Hbond substituents is 1. The minimum atomic E-state index is -2.18. The smallest absolute Gasteiger partial charge is 0.326 e. The summed E-state index contributed by atoms with van der Waals surface area (Å²) >= 11 is 1.15. The number of amides is 11. The van der Waals surface area contributed by atoms with Crippen molar-refractivity contribution >= 4 is 107 Å². The van der Waals surface area contributed by atoms with Gasteiger partial charge in [0.15, 0.2) is 0 Å². The normalized spacial score (nSPS) is 14.9. The second-order valence-corrected chi connectivity index (χ2v) is 25.3. The van der Waals surface area contributed by atoms with Crippen molar-refractivity contribution in [3.63, 3.8) is 0 Å². The second-order valence-electron chi connectivity index (χ2n) is 24.3. The highest BCUT2D eigenvalue weighted by molar-refractivity contribution is 7.98. The first-order valence-corrected chi connectivity index (χ1v) is 33.6. The van der Waals surface area contributed by atoms with E-state index in [1.807, 2.05) is 0 Å². The Morgan fingerprint density at radius 1 is 0.446 bits per heavy atom. The number of unbranched alkanes of at least 4 members (excludes halogenated alkanes) is 1. The van der Waals surface area contributed by atoms with E-state index in [2.05, 4.69) is 53.2 Å². The average molecular weight is 1450 g/mol. The lowest BCUT2D eigenvalue weighted by Crippen LogP contribution is -2.62. The van der Waals surface area contributed by atoms with Gasteiger partial charge in [0.2, 0.25) is 65.0 Å². The van der Waals surface area contributed by atoms with Crippen LogP contribution in [-0.2, 0) is 88.9 Å². The molecule has 0 fully saturated rings. The van der Waals surface area contributed by atoms with Crippen molar-refractivity contribution < 1.29 is 112 Å². The van der Waals surface area contributed by atoms with Gasteiger partial charge in [0.05, 0.1) is 12.5 Å². The number of aliphatic carboxylic acids is 5. The van der Waals surface area contributed by atoms with E-state index in [1.54, 1.807) is 44.2 Å². The van der Waals surface area contributed by atoms with Gasteiger partial charge in [-0.1, -0.05) is 76.6 Å². The fraction of sp³-hybridized carbons (Fsp3) is 0.562. The van der Waals surface area contributed by atoms with Gasteiger partial charge in [0.1, 0.15) is 72.2 Å². The maximum atomic E-state index is 14.6. The molecule has 0 unspecified atom stereocenters. The van der Waals surface area contributed by atoms with Crippen molar-refractivity contribution in [2.75, 3.05) is 12.3 Å². The molecule has 0 aliphatic carbocycles. The maximum absolute atomic E-state index is 14.6. The van der Waals surface area contributed by atoms with Crippen molar-refractivity contribution in [3.05, 3.63) is 65.7 Å². The molecule has 2 rings (SSSR count). The minimum Gasteiger partial charge on any atom is -0.508 e. The van der Waals surface area contributed by atoms with Crippen molar-refractivity contribution in [2.24, 2.45) is 29.0 Å². The lowest BCUT2D eigenvalue weighted by atomic mass is 9.96. The van der Waals surface area contributed by atoms with Gasteiger partial charge in [-0.3, -0.25) is 71.9 Å². The van der Waals surface area contributed by atoms with E-state index in [-0.39, 0.29) is 55.9 Å². The Labute approximate surface area is 585 Å². The second kappa shape index (κ2) is 44.9. The zero-order valence-corrected chi connectivity index (χ0v) is 57.4. The summed E-state index contributed by atoms with van der Waals surface area (Å²) < 4.78 is 0. The zero-order chi connectivity index (χ0) is 76.2. The first-order valence-electron chi connectivity index (χ1n) is 32.4. The van der Waals surface area contributed by atoms with Crippen molar-refractivity contribution in [1.29, 1.82) is 0 Å². The molecule has 13 atom stereocenters. The van der Waals surface area contributed by atoms with Crippen LogP contribution in [0.4, 0.5) is 0 Å². The molecule has 0 bridgehead atoms. The Kier molecular flexibility index (Phi) is 38.7. The lowest BCUT2D eigenvalue weighted by molar-refractivity contribution is -0.144. The number of rotatable bonds is 49. The first kappa shape index (κ1) is 87.1. The topological polar surface area (TPSA) is 613 Å². The number of nitrogens with one attached hydrogen (secondary N) is 10. The van der Waals surface area contributed by atoms with E-state index in [0.717, 1.165) is 17.3 Å². The molecule has 2 aromatic rings. The summed E-state index contributed by atoms with van der Waals surface area (Å²) in [5.74, 6) is -21.8. The van der Waals surface area contributed by atoms with Gasteiger partial charge in [0.25, 0.3) is 0 Å². The number of phenols is 1. The number of carbonyl (C=O) groups is 16. The molecule has 11 amide bonds. The fourth-order valence-electron chi connectivity index (χ4n) is 9.54. The number of carboxylic acid groups (broad SMARTS) is 5. The number of carbonyl (C=O) groups excluding carboxylic acids is 11. The van der Waals surface area contributed by atoms with Crippen molar-refractivity contribution in [1.82, 2.24) is 53.2 Å². The molecule has 2 aromatic carbocycles. The highest BCUT2D eigenvalue weighted by atomic mass is 32.2. The quantitative estimate of drug-likeness (QED) is 0.0288. The molecule has 37 heteroatoms. The average Bonchev–Trinajstić information content (AvgIpc) is 0.853. The van der Waals surface area contributed by atoms with E-state index in [0.29, 0.717) is 5.56 Å². The largest absolute Gasteiger partial charge is 0.508 e. The van der Waals surface area contributed by atoms with Gasteiger partial charge < -0.3 is 106 Å². The van der Waals surface area contributed by atoms with E-state index >= 15 is 0 Å². The standard InChI is InChI=1S/C64H95N13O23S/c1-6-33(4)53(77-59(94)43(74-61(96)51(67)34(5)78)28-35-15-17-37(79)18-16-35)63(98)75-45(31-101-30-36-12-8-7-9-13-36)60(95)70-41(21-25-48(83)84)57(92)76-52(32(2)3)62(97)71-40(20-24-47(81)82)56(91)73-44(29-50(87)88)58(93)69-39(19-23-46(66)80)55(90)68-38(14-10-11-27-65)54(89)72-42(64(99)100)22-26-49(85)86/h7-9,12-13,15-18,32-34,38-45,51-53,78-79H,6,10-11,14,19-31,65,67H2,1-5H3,(H2,66,80)(H,68,90)(H,69,93)(H,70,95)(H,71,97)(H,72,89)(H,73,91)(H,74,96)(H,75,98)(H,76,92)(H,77,94)(H,81,82)(H,83,84)(H,85,86)(H,87,88)(H,99,100)/t33-,34+,38-,39-,40-,41-,42-,43-,44-,45-,51-,52-,53-/m0/s1. The third-order valence-corrected chi connectivity index (χ3v) is 16.7. The Hall–Kier alpha value is -10.0. The van der Waals surface area contributed by atoms with Crippen LogP contribution in [0.2, 0.25) is 0 Å². The molecule has 0 saturated carbocycles. The van der Waals surface area contributed by atoms with E-state index in [4.69, 9.17) is 22.3 Å². The van der Waals surface area contributed by atoms with Crippen LogP contribution in [0.5, 0.6) is 5.75 Å². The lowest BCUT2D eigenvalue weighted by Gasteiger charge is -2.30. The number of primary amides is 1. The molecule has 0 spiro atoms. The van der Waals surface area contributed by atoms with Crippen LogP contribution < -0.4 is 70.4 Å². The molecule has 0 saturated heterocycles. The van der Waals surface area contributed by atoms with Gasteiger partial charge in [-0.25, -0.2) is 4.79 Å². The summed E-state index contributed by atoms with van der Waals surface area (Å²) in [7, 11) is 0. The summed E-state index contributed by atoms with van der Waals surface area (Å²) in [6.07, 6.45) is -7.88. The van der Waals surface area contributed by atoms with Gasteiger partial charge in [-0.2, -0.15) is 11.8 Å². The molecule has 0 aliphatic rings. The third-order valence-electron chi connectivity index (χ3n) is 15.6. The molecule has 0 aromatic heterocycles. The van der Waals surface area contributed by atoms with Crippen LogP contribution in [0.1, 0.15) is 129 Å². The van der Waals surface area contributed by atoms with Crippen LogP contribution in [0.3, 0.4) is 0 Å². The van der Waals surface area contributed by atoms with Crippen LogP contribution in [0.25, 0.3) is 0 Å². The Balaban J connectivity index is 2.58. The van der Waals surface area contributed by atoms with E-state index in [1.165, 1.54) is 45.0 Å². The maximum Gasteiger partial charge on any atom is 0.326 e. The highest BCUT2D eigenvalue weighted by Gasteiger charge is 2.39. The summed E-state index contributed by atoms with van der Waals surface area (Å²) in [4.78, 5) is 212. The highest BCUT2D eigenvalue weighted by Crippen LogP contribution is 2.18. The monoisotopic (exact) mass is 1450 g/mol. The number of aliphatic hydroxyl groups excluding tert-OH is 1. The Bertz CT molecular complexity index is 3180. The molecule has 0 heterocycles. The van der Waals surface area contributed by atoms with Gasteiger partial charge in [-0.15, -0.1) is 0 Å². The SMILES string of the molecule is CC[C@H](C)[C@H](NC(=O)[C@H](Cc1ccc(O)cc1)NC(=O)[C@@H](N)[C@@H](C)O)C(=O)N[C@@H](CSCc1ccccc1)C(=O)N[C@@H](CCC(=O)O)C(=O)N[C@H](C(=O)N[C@@H](CCC(=O)O)C(=O)N[C@@H](CC(=O)O)C(=O)N[C@@H](CCC(N)=O)C(=O)N[C@@H](CCCCN)C(=O)N[C@@H](CCC(=O)O)C(=O)O)C(C)C. The molecule has 36 nitrogen and oxygen atoms in total. The summed E-state index contributed by atoms with van der Waals surface area (Å²) in [5, 5.41) is 91.8. The number of hydrogen-bond donors (Lipinski definition) is 20. The predicted octanol–water partition coefficient (Wildman–Crippen LogP) is -3.33.